The van der Waals surface area contributed by atoms with Crippen LogP contribution in [0.3, 0.4) is 0 Å². The third-order valence-electron chi connectivity index (χ3n) is 1.79. The molecule has 0 saturated carbocycles. The van der Waals surface area contributed by atoms with E-state index in [2.05, 4.69) is 5.32 Å². The lowest BCUT2D eigenvalue weighted by Gasteiger charge is -2.07. The molecule has 0 heterocycles. The highest BCUT2D eigenvalue weighted by Crippen LogP contribution is 2.14. The number of nitrogens with two attached hydrogens (primary N) is 1. The average Bonchev–Trinajstić information content (AvgIpc) is 2.16. The quantitative estimate of drug-likeness (QED) is 0.793. The Kier molecular flexibility index (Phi) is 3.90. The van der Waals surface area contributed by atoms with Gasteiger partial charge in [-0.3, -0.25) is 4.79 Å². The number of hydrogen-bond acceptors (Lipinski definition) is 3. The molecule has 0 saturated heterocycles. The number of primary sulfonamides is 1. The maximum absolute atomic E-state index is 11.2. The molecule has 0 aliphatic carbocycles. The zero-order chi connectivity index (χ0) is 12.3. The summed E-state index contributed by atoms with van der Waals surface area (Å²) >= 11 is 5.55. The van der Waals surface area contributed by atoms with E-state index in [4.69, 9.17) is 16.7 Å². The summed E-state index contributed by atoms with van der Waals surface area (Å²) < 4.78 is 22.1. The van der Waals surface area contributed by atoms with Gasteiger partial charge in [-0.1, -0.05) is 6.07 Å². The number of halogens is 1. The monoisotopic (exact) mass is 262 g/mol. The fourth-order valence-electron chi connectivity index (χ4n) is 0.993. The van der Waals surface area contributed by atoms with E-state index < -0.39 is 21.3 Å². The van der Waals surface area contributed by atoms with E-state index in [0.29, 0.717) is 5.69 Å². The minimum absolute atomic E-state index is 0.0625. The first-order valence-electron chi connectivity index (χ1n) is 4.38. The van der Waals surface area contributed by atoms with Gasteiger partial charge in [0.05, 0.1) is 4.90 Å². The second kappa shape index (κ2) is 4.82. The summed E-state index contributed by atoms with van der Waals surface area (Å²) in [6.45, 7) is 1.51. The van der Waals surface area contributed by atoms with Crippen LogP contribution in [0.25, 0.3) is 0 Å². The van der Waals surface area contributed by atoms with Crippen molar-refractivity contribution in [2.75, 3.05) is 5.32 Å². The molecule has 1 aromatic rings. The fraction of sp³-hybridized carbons (Fsp3) is 0.222. The van der Waals surface area contributed by atoms with Crippen molar-refractivity contribution < 1.29 is 13.2 Å². The standard InChI is InChI=1S/C9H11ClN2O3S/c1-6(10)9(13)12-7-3-2-4-8(5-7)16(11,14)15/h2-6H,1H3,(H,12,13)(H2,11,14,15). The van der Waals surface area contributed by atoms with Crippen LogP contribution in [0.4, 0.5) is 5.69 Å². The molecule has 0 aliphatic rings. The van der Waals surface area contributed by atoms with Crippen LogP contribution in [0.15, 0.2) is 29.2 Å². The van der Waals surface area contributed by atoms with Crippen molar-refractivity contribution in [3.05, 3.63) is 24.3 Å². The smallest absolute Gasteiger partial charge is 0.242 e. The Labute approximate surface area is 98.6 Å². The molecular formula is C9H11ClN2O3S. The summed E-state index contributed by atoms with van der Waals surface area (Å²) in [5.41, 5.74) is 0.337. The van der Waals surface area contributed by atoms with Crippen molar-refractivity contribution in [1.82, 2.24) is 0 Å². The van der Waals surface area contributed by atoms with E-state index in [1.165, 1.54) is 25.1 Å². The molecular weight excluding hydrogens is 252 g/mol. The summed E-state index contributed by atoms with van der Waals surface area (Å²) in [6, 6.07) is 5.64. The zero-order valence-corrected chi connectivity index (χ0v) is 10.0. The molecule has 7 heteroatoms. The number of sulfonamides is 1. The van der Waals surface area contributed by atoms with Gasteiger partial charge in [0.25, 0.3) is 0 Å². The number of rotatable bonds is 3. The molecule has 1 atom stereocenters. The van der Waals surface area contributed by atoms with Crippen molar-refractivity contribution >= 4 is 33.2 Å². The number of hydrogen-bond donors (Lipinski definition) is 2. The van der Waals surface area contributed by atoms with Gasteiger partial charge in [-0.25, -0.2) is 13.6 Å². The lowest BCUT2D eigenvalue weighted by molar-refractivity contribution is -0.115. The Morgan fingerprint density at radius 1 is 1.50 bits per heavy atom. The molecule has 1 aromatic carbocycles. The van der Waals surface area contributed by atoms with E-state index in [-0.39, 0.29) is 4.90 Å². The number of nitrogens with one attached hydrogen (secondary N) is 1. The maximum Gasteiger partial charge on any atom is 0.242 e. The highest BCUT2D eigenvalue weighted by molar-refractivity contribution is 7.89. The maximum atomic E-state index is 11.2. The Hall–Kier alpha value is -1.11. The number of carbonyl (C=O) groups excluding carboxylic acids is 1. The normalized spacial score (nSPS) is 13.2. The highest BCUT2D eigenvalue weighted by Gasteiger charge is 2.11. The molecule has 0 aromatic heterocycles. The van der Waals surface area contributed by atoms with E-state index >= 15 is 0 Å². The average molecular weight is 263 g/mol. The van der Waals surface area contributed by atoms with Crippen molar-refractivity contribution in [1.29, 1.82) is 0 Å². The molecule has 0 aliphatic heterocycles. The van der Waals surface area contributed by atoms with Gasteiger partial charge in [-0.05, 0) is 25.1 Å². The van der Waals surface area contributed by atoms with Gasteiger partial charge in [0, 0.05) is 5.69 Å². The van der Waals surface area contributed by atoms with Gasteiger partial charge < -0.3 is 5.32 Å². The summed E-state index contributed by atoms with van der Waals surface area (Å²) in [7, 11) is -3.77. The van der Waals surface area contributed by atoms with Crippen LogP contribution in [0, 0.1) is 0 Å². The first-order valence-corrected chi connectivity index (χ1v) is 6.37. The number of amides is 1. The predicted octanol–water partition coefficient (Wildman–Crippen LogP) is 0.900. The lowest BCUT2D eigenvalue weighted by Crippen LogP contribution is -2.20. The van der Waals surface area contributed by atoms with Crippen molar-refractivity contribution in [2.45, 2.75) is 17.2 Å². The molecule has 0 fully saturated rings. The third-order valence-corrected chi connectivity index (χ3v) is 2.90. The Morgan fingerprint density at radius 3 is 2.62 bits per heavy atom. The minimum Gasteiger partial charge on any atom is -0.325 e. The molecule has 5 nitrogen and oxygen atoms in total. The predicted molar refractivity (Wildman–Crippen MR) is 61.8 cm³/mol. The van der Waals surface area contributed by atoms with Gasteiger partial charge in [0.2, 0.25) is 15.9 Å². The topological polar surface area (TPSA) is 89.3 Å². The summed E-state index contributed by atoms with van der Waals surface area (Å²) in [5.74, 6) is -0.409. The minimum atomic E-state index is -3.77. The van der Waals surface area contributed by atoms with Gasteiger partial charge in [-0.2, -0.15) is 0 Å². The number of alkyl halides is 1. The van der Waals surface area contributed by atoms with E-state index in [9.17, 15) is 13.2 Å². The van der Waals surface area contributed by atoms with E-state index in [1.807, 2.05) is 0 Å². The summed E-state index contributed by atoms with van der Waals surface area (Å²) in [6.07, 6.45) is 0. The van der Waals surface area contributed by atoms with Crippen LogP contribution in [0.5, 0.6) is 0 Å². The zero-order valence-electron chi connectivity index (χ0n) is 8.48. The molecule has 16 heavy (non-hydrogen) atoms. The fourth-order valence-corrected chi connectivity index (χ4v) is 1.61. The largest absolute Gasteiger partial charge is 0.325 e. The van der Waals surface area contributed by atoms with Gasteiger partial charge in [-0.15, -0.1) is 11.6 Å². The molecule has 1 unspecified atom stereocenters. The van der Waals surface area contributed by atoms with Gasteiger partial charge in [0.15, 0.2) is 0 Å². The second-order valence-corrected chi connectivity index (χ2v) is 5.39. The summed E-state index contributed by atoms with van der Waals surface area (Å²) in [5, 5.41) is 6.72. The van der Waals surface area contributed by atoms with Crippen LogP contribution in [0.2, 0.25) is 0 Å². The first kappa shape index (κ1) is 13.0. The van der Waals surface area contributed by atoms with Crippen LogP contribution in [-0.4, -0.2) is 19.7 Å². The van der Waals surface area contributed by atoms with Crippen molar-refractivity contribution in [2.24, 2.45) is 5.14 Å². The molecule has 88 valence electrons. The molecule has 1 rings (SSSR count). The Morgan fingerprint density at radius 2 is 2.12 bits per heavy atom. The Bertz CT molecular complexity index is 499. The molecule has 0 spiro atoms. The van der Waals surface area contributed by atoms with Crippen molar-refractivity contribution in [3.8, 4) is 0 Å². The number of anilines is 1. The van der Waals surface area contributed by atoms with E-state index in [0.717, 1.165) is 0 Å². The number of benzene rings is 1. The number of carbonyl (C=O) groups is 1. The second-order valence-electron chi connectivity index (χ2n) is 3.18. The van der Waals surface area contributed by atoms with Crippen LogP contribution < -0.4 is 10.5 Å². The van der Waals surface area contributed by atoms with Crippen LogP contribution in [-0.2, 0) is 14.8 Å². The van der Waals surface area contributed by atoms with Crippen LogP contribution >= 0.6 is 11.6 Å². The molecule has 0 radical (unpaired) electrons. The Balaban J connectivity index is 2.96. The van der Waals surface area contributed by atoms with Crippen LogP contribution in [0.1, 0.15) is 6.92 Å². The lowest BCUT2D eigenvalue weighted by atomic mass is 10.3. The third kappa shape index (κ3) is 3.48. The molecule has 1 amide bonds. The summed E-state index contributed by atoms with van der Waals surface area (Å²) in [4.78, 5) is 11.2. The first-order chi connectivity index (χ1) is 7.30. The molecule has 0 bridgehead atoms. The van der Waals surface area contributed by atoms with Gasteiger partial charge >= 0.3 is 0 Å². The highest BCUT2D eigenvalue weighted by atomic mass is 35.5. The SMILES string of the molecule is CC(Cl)C(=O)Nc1cccc(S(N)(=O)=O)c1. The van der Waals surface area contributed by atoms with Crippen molar-refractivity contribution in [3.63, 3.8) is 0 Å². The van der Waals surface area contributed by atoms with Gasteiger partial charge in [0.1, 0.15) is 5.38 Å². The molecule has 3 N–H and O–H groups in total. The van der Waals surface area contributed by atoms with E-state index in [1.54, 1.807) is 6.07 Å².